The summed E-state index contributed by atoms with van der Waals surface area (Å²) >= 11 is 2.48. The highest BCUT2D eigenvalue weighted by Crippen LogP contribution is 2.37. The van der Waals surface area contributed by atoms with E-state index in [1.165, 1.54) is 21.9 Å². The molecule has 0 aliphatic carbocycles. The number of rotatable bonds is 8. The van der Waals surface area contributed by atoms with Gasteiger partial charge < -0.3 is 4.90 Å². The highest BCUT2D eigenvalue weighted by molar-refractivity contribution is 8.19. The summed E-state index contributed by atoms with van der Waals surface area (Å²) in [6.45, 7) is 6.46. The van der Waals surface area contributed by atoms with Crippen LogP contribution in [0.2, 0.25) is 0 Å². The minimum Gasteiger partial charge on any atom is -0.372 e. The van der Waals surface area contributed by atoms with E-state index in [0.717, 1.165) is 54.5 Å². The number of H-pyrrole nitrogens is 1. The molecule has 2 N–H and O–H groups in total. The SMILES string of the molecule is CCCN(CCC)c1ccc(-c2[nH]ncc2C=C2SC(=N)N(c3nccs3)C2=O)cc1. The van der Waals surface area contributed by atoms with Gasteiger partial charge in [-0.1, -0.05) is 26.0 Å². The molecule has 3 heterocycles. The normalized spacial score (nSPS) is 15.3. The van der Waals surface area contributed by atoms with Gasteiger partial charge in [0, 0.05) is 41.5 Å². The number of benzene rings is 1. The van der Waals surface area contributed by atoms with Crippen LogP contribution in [0, 0.1) is 5.41 Å². The number of nitrogens with one attached hydrogen (secondary N) is 2. The van der Waals surface area contributed by atoms with Crippen molar-refractivity contribution < 1.29 is 4.79 Å². The molecule has 1 aliphatic heterocycles. The number of nitrogens with zero attached hydrogens (tertiary/aromatic N) is 4. The highest BCUT2D eigenvalue weighted by atomic mass is 32.2. The molecule has 0 atom stereocenters. The Morgan fingerprint density at radius 3 is 2.58 bits per heavy atom. The molecule has 0 unspecified atom stereocenters. The van der Waals surface area contributed by atoms with Crippen molar-refractivity contribution in [2.75, 3.05) is 22.9 Å². The molecule has 1 aliphatic rings. The summed E-state index contributed by atoms with van der Waals surface area (Å²) in [6, 6.07) is 8.43. The van der Waals surface area contributed by atoms with Gasteiger partial charge >= 0.3 is 0 Å². The second-order valence-corrected chi connectivity index (χ2v) is 9.01. The maximum absolute atomic E-state index is 12.9. The minimum absolute atomic E-state index is 0.160. The fraction of sp³-hybridized carbons (Fsp3) is 0.273. The second kappa shape index (κ2) is 9.49. The third-order valence-electron chi connectivity index (χ3n) is 4.90. The number of carbonyl (C=O) groups excluding carboxylic acids is 1. The van der Waals surface area contributed by atoms with Crippen LogP contribution >= 0.6 is 23.1 Å². The smallest absolute Gasteiger partial charge is 0.273 e. The Kier molecular flexibility index (Phi) is 6.53. The third kappa shape index (κ3) is 4.42. The topological polar surface area (TPSA) is 89.0 Å². The summed E-state index contributed by atoms with van der Waals surface area (Å²) in [5.41, 5.74) is 3.88. The molecule has 0 radical (unpaired) electrons. The molecule has 31 heavy (non-hydrogen) atoms. The number of carbonyl (C=O) groups is 1. The lowest BCUT2D eigenvalue weighted by Crippen LogP contribution is -2.27. The molecule has 2 aromatic heterocycles. The molecule has 7 nitrogen and oxygen atoms in total. The molecular formula is C22H24N6OS2. The Balaban J connectivity index is 1.58. The Labute approximate surface area is 189 Å². The van der Waals surface area contributed by atoms with Crippen LogP contribution in [-0.2, 0) is 4.79 Å². The molecular weight excluding hydrogens is 428 g/mol. The largest absolute Gasteiger partial charge is 0.372 e. The van der Waals surface area contributed by atoms with Crippen LogP contribution in [0.25, 0.3) is 17.3 Å². The van der Waals surface area contributed by atoms with E-state index in [0.29, 0.717) is 10.0 Å². The third-order valence-corrected chi connectivity index (χ3v) is 6.54. The van der Waals surface area contributed by atoms with Crippen LogP contribution in [0.15, 0.2) is 46.9 Å². The predicted molar refractivity (Wildman–Crippen MR) is 130 cm³/mol. The molecule has 9 heteroatoms. The number of thioether (sulfide) groups is 1. The molecule has 1 fully saturated rings. The van der Waals surface area contributed by atoms with Crippen molar-refractivity contribution in [3.8, 4) is 11.3 Å². The van der Waals surface area contributed by atoms with Crippen molar-refractivity contribution in [1.29, 1.82) is 5.41 Å². The lowest BCUT2D eigenvalue weighted by molar-refractivity contribution is -0.113. The summed E-state index contributed by atoms with van der Waals surface area (Å²) in [5, 5.41) is 17.9. The summed E-state index contributed by atoms with van der Waals surface area (Å²) in [6.07, 6.45) is 7.35. The van der Waals surface area contributed by atoms with Gasteiger partial charge in [-0.05, 0) is 42.8 Å². The van der Waals surface area contributed by atoms with E-state index in [4.69, 9.17) is 5.41 Å². The maximum Gasteiger partial charge on any atom is 0.273 e. The second-order valence-electron chi connectivity index (χ2n) is 7.11. The summed E-state index contributed by atoms with van der Waals surface area (Å²) in [5.74, 6) is -0.234. The monoisotopic (exact) mass is 452 g/mol. The van der Waals surface area contributed by atoms with E-state index in [1.807, 2.05) is 0 Å². The van der Waals surface area contributed by atoms with E-state index in [9.17, 15) is 4.79 Å². The molecule has 4 rings (SSSR count). The maximum atomic E-state index is 12.9. The zero-order valence-corrected chi connectivity index (χ0v) is 19.1. The minimum atomic E-state index is -0.234. The van der Waals surface area contributed by atoms with E-state index < -0.39 is 0 Å². The molecule has 1 aromatic carbocycles. The number of amidine groups is 1. The fourth-order valence-electron chi connectivity index (χ4n) is 3.51. The average molecular weight is 453 g/mol. The van der Waals surface area contributed by atoms with Crippen molar-refractivity contribution in [3.05, 3.63) is 52.5 Å². The lowest BCUT2D eigenvalue weighted by atomic mass is 10.1. The van der Waals surface area contributed by atoms with Gasteiger partial charge in [0.25, 0.3) is 5.91 Å². The van der Waals surface area contributed by atoms with Crippen LogP contribution in [0.1, 0.15) is 32.3 Å². The first-order valence-electron chi connectivity index (χ1n) is 10.2. The number of hydrogen-bond acceptors (Lipinski definition) is 7. The van der Waals surface area contributed by atoms with Crippen molar-refractivity contribution >= 4 is 51.1 Å². The van der Waals surface area contributed by atoms with Gasteiger partial charge in [0.2, 0.25) is 0 Å². The van der Waals surface area contributed by atoms with E-state index in [2.05, 4.69) is 58.2 Å². The van der Waals surface area contributed by atoms with Gasteiger partial charge in [-0.2, -0.15) is 5.10 Å². The standard InChI is InChI=1S/C22H24N6OS2/c1-3-10-27(11-4-2)17-7-5-15(6-8-17)19-16(14-25-26-19)13-18-20(29)28(21(23)31-18)22-24-9-12-30-22/h5-9,12-14,23H,3-4,10-11H2,1-2H3,(H,25,26). The zero-order valence-electron chi connectivity index (χ0n) is 17.5. The number of thiazole rings is 1. The number of anilines is 2. The summed E-state index contributed by atoms with van der Waals surface area (Å²) in [4.78, 5) is 21.2. The number of aromatic nitrogens is 3. The average Bonchev–Trinajstić information content (AvgIpc) is 3.50. The van der Waals surface area contributed by atoms with Gasteiger partial charge in [0.1, 0.15) is 0 Å². The molecule has 0 saturated carbocycles. The van der Waals surface area contributed by atoms with Crippen LogP contribution < -0.4 is 9.80 Å². The molecule has 1 saturated heterocycles. The number of hydrogen-bond donors (Lipinski definition) is 2. The van der Waals surface area contributed by atoms with E-state index >= 15 is 0 Å². The van der Waals surface area contributed by atoms with Gasteiger partial charge in [-0.15, -0.1) is 11.3 Å². The Morgan fingerprint density at radius 1 is 1.19 bits per heavy atom. The van der Waals surface area contributed by atoms with Crippen molar-refractivity contribution in [2.45, 2.75) is 26.7 Å². The van der Waals surface area contributed by atoms with Crippen molar-refractivity contribution in [3.63, 3.8) is 0 Å². The van der Waals surface area contributed by atoms with Crippen molar-refractivity contribution in [1.82, 2.24) is 15.2 Å². The molecule has 160 valence electrons. The Hall–Kier alpha value is -2.91. The summed E-state index contributed by atoms with van der Waals surface area (Å²) in [7, 11) is 0. The van der Waals surface area contributed by atoms with Crippen LogP contribution in [-0.4, -0.2) is 39.3 Å². The van der Waals surface area contributed by atoms with E-state index in [-0.39, 0.29) is 11.1 Å². The fourth-order valence-corrected chi connectivity index (χ4v) is 5.05. The van der Waals surface area contributed by atoms with Crippen LogP contribution in [0.3, 0.4) is 0 Å². The quantitative estimate of drug-likeness (QED) is 0.458. The van der Waals surface area contributed by atoms with Gasteiger partial charge in [-0.3, -0.25) is 15.3 Å². The first-order chi connectivity index (χ1) is 15.1. The molecule has 0 spiro atoms. The van der Waals surface area contributed by atoms with Gasteiger partial charge in [0.15, 0.2) is 10.3 Å². The van der Waals surface area contributed by atoms with E-state index in [1.54, 1.807) is 23.8 Å². The summed E-state index contributed by atoms with van der Waals surface area (Å²) < 4.78 is 0. The zero-order chi connectivity index (χ0) is 21.8. The molecule has 1 amide bonds. The molecule has 3 aromatic rings. The van der Waals surface area contributed by atoms with Crippen molar-refractivity contribution in [2.24, 2.45) is 0 Å². The van der Waals surface area contributed by atoms with Gasteiger partial charge in [0.05, 0.1) is 16.8 Å². The molecule has 0 bridgehead atoms. The highest BCUT2D eigenvalue weighted by Gasteiger charge is 2.35. The van der Waals surface area contributed by atoms with Gasteiger partial charge in [-0.25, -0.2) is 9.88 Å². The lowest BCUT2D eigenvalue weighted by Gasteiger charge is -2.23. The predicted octanol–water partition coefficient (Wildman–Crippen LogP) is 5.22. The van der Waals surface area contributed by atoms with Crippen LogP contribution in [0.4, 0.5) is 10.8 Å². The first kappa shape index (κ1) is 21.3. The number of amides is 1. The first-order valence-corrected chi connectivity index (χ1v) is 11.9. The number of aromatic amines is 1. The van der Waals surface area contributed by atoms with Crippen LogP contribution in [0.5, 0.6) is 0 Å². The Bertz CT molecular complexity index is 1080. The Morgan fingerprint density at radius 2 is 1.94 bits per heavy atom.